The molecule has 3 N–H and O–H groups in total. The Bertz CT molecular complexity index is 577. The summed E-state index contributed by atoms with van der Waals surface area (Å²) in [4.78, 5) is 12.7. The maximum absolute atomic E-state index is 12.7. The van der Waals surface area contributed by atoms with E-state index in [2.05, 4.69) is 12.2 Å². The number of rotatable bonds is 7. The van der Waals surface area contributed by atoms with E-state index in [1.54, 1.807) is 0 Å². The fourth-order valence-electron chi connectivity index (χ4n) is 3.00. The van der Waals surface area contributed by atoms with E-state index in [1.807, 2.05) is 52.0 Å². The van der Waals surface area contributed by atoms with Crippen LogP contribution in [0.4, 0.5) is 5.69 Å². The van der Waals surface area contributed by atoms with Gasteiger partial charge in [-0.05, 0) is 44.5 Å². The Kier molecular flexibility index (Phi) is 7.29. The highest BCUT2D eigenvalue weighted by molar-refractivity contribution is 5.99. The summed E-state index contributed by atoms with van der Waals surface area (Å²) in [7, 11) is 0. The van der Waals surface area contributed by atoms with Crippen molar-refractivity contribution < 1.29 is 14.3 Å². The van der Waals surface area contributed by atoms with E-state index in [4.69, 9.17) is 15.2 Å². The topological polar surface area (TPSA) is 73.6 Å². The molecule has 0 saturated heterocycles. The van der Waals surface area contributed by atoms with Crippen molar-refractivity contribution in [3.05, 3.63) is 24.3 Å². The van der Waals surface area contributed by atoms with E-state index in [9.17, 15) is 4.79 Å². The van der Waals surface area contributed by atoms with Crippen LogP contribution in [0.1, 0.15) is 47.5 Å². The monoisotopic (exact) mass is 370 g/mol. The molecule has 0 radical (unpaired) electrons. The van der Waals surface area contributed by atoms with Gasteiger partial charge in [0.25, 0.3) is 0 Å². The van der Waals surface area contributed by atoms with E-state index in [1.165, 1.54) is 0 Å². The molecule has 1 aromatic carbocycles. The van der Waals surface area contributed by atoms with Crippen LogP contribution in [0.3, 0.4) is 0 Å². The lowest BCUT2D eigenvalue weighted by Gasteiger charge is -2.57. The Morgan fingerprint density at radius 2 is 1.92 bits per heavy atom. The van der Waals surface area contributed by atoms with Crippen molar-refractivity contribution in [2.24, 2.45) is 11.1 Å². The number of ether oxygens (including phenoxy) is 2. The smallest absolute Gasteiger partial charge is 0.245 e. The lowest BCUT2D eigenvalue weighted by molar-refractivity contribution is -0.166. The average molecular weight is 371 g/mol. The highest BCUT2D eigenvalue weighted by Gasteiger charge is 2.62. The minimum absolute atomic E-state index is 0. The van der Waals surface area contributed by atoms with Gasteiger partial charge in [-0.3, -0.25) is 4.79 Å². The van der Waals surface area contributed by atoms with Crippen LogP contribution >= 0.6 is 12.4 Å². The Balaban J connectivity index is 0.00000312. The molecular formula is C19H31ClN2O3. The Morgan fingerprint density at radius 1 is 1.32 bits per heavy atom. The molecule has 25 heavy (non-hydrogen) atoms. The van der Waals surface area contributed by atoms with Gasteiger partial charge in [-0.2, -0.15) is 0 Å². The Morgan fingerprint density at radius 3 is 2.40 bits per heavy atom. The van der Waals surface area contributed by atoms with Crippen molar-refractivity contribution in [2.45, 2.75) is 65.2 Å². The molecular weight excluding hydrogens is 340 g/mol. The maximum Gasteiger partial charge on any atom is 0.245 e. The van der Waals surface area contributed by atoms with Crippen molar-refractivity contribution in [3.63, 3.8) is 0 Å². The minimum Gasteiger partial charge on any atom is -0.491 e. The van der Waals surface area contributed by atoms with E-state index >= 15 is 0 Å². The summed E-state index contributed by atoms with van der Waals surface area (Å²) in [5.74, 6) is 0.629. The number of hydrogen-bond donors (Lipinski definition) is 2. The van der Waals surface area contributed by atoms with Crippen LogP contribution in [0, 0.1) is 5.41 Å². The second-order valence-electron chi connectivity index (χ2n) is 7.16. The average Bonchev–Trinajstić information content (AvgIpc) is 2.56. The highest BCUT2D eigenvalue weighted by atomic mass is 35.5. The molecule has 5 nitrogen and oxygen atoms in total. The third kappa shape index (κ3) is 4.27. The van der Waals surface area contributed by atoms with Gasteiger partial charge in [0.1, 0.15) is 11.3 Å². The second-order valence-corrected chi connectivity index (χ2v) is 7.16. The first-order chi connectivity index (χ1) is 11.2. The molecule has 0 aliphatic heterocycles. The number of halogens is 1. The van der Waals surface area contributed by atoms with Crippen molar-refractivity contribution in [1.29, 1.82) is 0 Å². The van der Waals surface area contributed by atoms with E-state index in [0.29, 0.717) is 13.0 Å². The minimum atomic E-state index is -0.918. The van der Waals surface area contributed by atoms with Crippen LogP contribution in [-0.2, 0) is 9.53 Å². The van der Waals surface area contributed by atoms with Gasteiger partial charge in [-0.15, -0.1) is 12.4 Å². The first-order valence-electron chi connectivity index (χ1n) is 8.73. The standard InChI is InChI=1S/C19H30N2O3.ClH/c1-6-13(3)24-15-10-8-14(9-11-15)21-17(22)19(20)12-16(23-7-2)18(19,4)5;/h8-11,13,16H,6-7,12,20H2,1-5H3,(H,21,22);1H. The van der Waals surface area contributed by atoms with Crippen LogP contribution in [-0.4, -0.2) is 30.3 Å². The number of carbonyl (C=O) groups excluding carboxylic acids is 1. The molecule has 1 saturated carbocycles. The maximum atomic E-state index is 12.7. The molecule has 0 aromatic heterocycles. The van der Waals surface area contributed by atoms with Gasteiger partial charge in [0, 0.05) is 24.1 Å². The van der Waals surface area contributed by atoms with Crippen LogP contribution in [0.5, 0.6) is 5.75 Å². The predicted octanol–water partition coefficient (Wildman–Crippen LogP) is 3.76. The van der Waals surface area contributed by atoms with Gasteiger partial charge in [-0.25, -0.2) is 0 Å². The zero-order chi connectivity index (χ0) is 18.0. The van der Waals surface area contributed by atoms with E-state index in [0.717, 1.165) is 17.9 Å². The normalized spacial score (nSPS) is 25.3. The lowest BCUT2D eigenvalue weighted by Crippen LogP contribution is -2.74. The van der Waals surface area contributed by atoms with Gasteiger partial charge in [0.15, 0.2) is 0 Å². The number of nitrogens with one attached hydrogen (secondary N) is 1. The predicted molar refractivity (Wildman–Crippen MR) is 103 cm³/mol. The summed E-state index contributed by atoms with van der Waals surface area (Å²) in [6, 6.07) is 7.40. The van der Waals surface area contributed by atoms with Gasteiger partial charge >= 0.3 is 0 Å². The van der Waals surface area contributed by atoms with Gasteiger partial charge in [-0.1, -0.05) is 20.8 Å². The van der Waals surface area contributed by atoms with Crippen LogP contribution in [0.25, 0.3) is 0 Å². The van der Waals surface area contributed by atoms with Crippen LogP contribution in [0.15, 0.2) is 24.3 Å². The summed E-state index contributed by atoms with van der Waals surface area (Å²) in [6.07, 6.45) is 1.67. The Hall–Kier alpha value is -1.30. The third-order valence-corrected chi connectivity index (χ3v) is 5.26. The molecule has 1 fully saturated rings. The summed E-state index contributed by atoms with van der Waals surface area (Å²) in [5, 5.41) is 2.92. The molecule has 0 bridgehead atoms. The summed E-state index contributed by atoms with van der Waals surface area (Å²) >= 11 is 0. The molecule has 0 spiro atoms. The molecule has 0 heterocycles. The SMILES string of the molecule is CCOC1CC(N)(C(=O)Nc2ccc(OC(C)CC)cc2)C1(C)C.Cl. The fraction of sp³-hybridized carbons (Fsp3) is 0.632. The lowest BCUT2D eigenvalue weighted by atomic mass is 9.54. The summed E-state index contributed by atoms with van der Waals surface area (Å²) in [5.41, 5.74) is 5.80. The molecule has 142 valence electrons. The quantitative estimate of drug-likeness (QED) is 0.766. The molecule has 6 heteroatoms. The zero-order valence-electron chi connectivity index (χ0n) is 15.8. The van der Waals surface area contributed by atoms with E-state index < -0.39 is 11.0 Å². The van der Waals surface area contributed by atoms with Crippen LogP contribution in [0.2, 0.25) is 0 Å². The molecule has 1 amide bonds. The summed E-state index contributed by atoms with van der Waals surface area (Å²) < 4.78 is 11.4. The summed E-state index contributed by atoms with van der Waals surface area (Å²) in [6.45, 7) is 10.7. The molecule has 1 aromatic rings. The van der Waals surface area contributed by atoms with Crippen molar-refractivity contribution in [1.82, 2.24) is 0 Å². The van der Waals surface area contributed by atoms with Crippen LogP contribution < -0.4 is 15.8 Å². The third-order valence-electron chi connectivity index (χ3n) is 5.26. The number of benzene rings is 1. The molecule has 1 aliphatic carbocycles. The second kappa shape index (κ2) is 8.39. The number of carbonyl (C=O) groups is 1. The largest absolute Gasteiger partial charge is 0.491 e. The fourth-order valence-corrected chi connectivity index (χ4v) is 3.00. The first kappa shape index (κ1) is 21.7. The van der Waals surface area contributed by atoms with Crippen molar-refractivity contribution in [2.75, 3.05) is 11.9 Å². The molecule has 1 aliphatic rings. The van der Waals surface area contributed by atoms with Crippen molar-refractivity contribution in [3.8, 4) is 5.75 Å². The van der Waals surface area contributed by atoms with Gasteiger partial charge in [0.2, 0.25) is 5.91 Å². The molecule has 3 atom stereocenters. The Labute approximate surface area is 157 Å². The number of nitrogens with two attached hydrogens (primary N) is 1. The van der Waals surface area contributed by atoms with Crippen molar-refractivity contribution >= 4 is 24.0 Å². The number of hydrogen-bond acceptors (Lipinski definition) is 4. The number of amides is 1. The van der Waals surface area contributed by atoms with E-state index in [-0.39, 0.29) is 30.5 Å². The first-order valence-corrected chi connectivity index (χ1v) is 8.73. The molecule has 2 rings (SSSR count). The van der Waals surface area contributed by atoms with Gasteiger partial charge < -0.3 is 20.5 Å². The van der Waals surface area contributed by atoms with Gasteiger partial charge in [0.05, 0.1) is 12.2 Å². The molecule has 3 unspecified atom stereocenters. The highest BCUT2D eigenvalue weighted by Crippen LogP contribution is 2.50. The zero-order valence-corrected chi connectivity index (χ0v) is 16.6. The number of anilines is 1.